The van der Waals surface area contributed by atoms with Gasteiger partial charge in [-0.15, -0.1) is 0 Å². The van der Waals surface area contributed by atoms with Crippen molar-refractivity contribution in [2.24, 2.45) is 0 Å². The summed E-state index contributed by atoms with van der Waals surface area (Å²) in [4.78, 5) is 0. The first-order valence-electron chi connectivity index (χ1n) is 3.21. The first-order valence-corrected chi connectivity index (χ1v) is 3.59. The first kappa shape index (κ1) is 8.21. The van der Waals surface area contributed by atoms with Crippen LogP contribution in [0.15, 0.2) is 6.07 Å². The van der Waals surface area contributed by atoms with Gasteiger partial charge in [0.25, 0.3) is 0 Å². The predicted molar refractivity (Wildman–Crippen MR) is 44.3 cm³/mol. The summed E-state index contributed by atoms with van der Waals surface area (Å²) in [6, 6.07) is 1.62. The third-order valence-corrected chi connectivity index (χ3v) is 2.03. The van der Waals surface area contributed by atoms with Gasteiger partial charge in [0.05, 0.1) is 5.02 Å². The fourth-order valence-electron chi connectivity index (χ4n) is 0.844. The Morgan fingerprint density at radius 2 is 1.73 bits per heavy atom. The maximum absolute atomic E-state index is 9.23. The van der Waals surface area contributed by atoms with E-state index in [0.29, 0.717) is 5.56 Å². The second kappa shape index (κ2) is 2.62. The minimum Gasteiger partial charge on any atom is -0.504 e. The molecule has 0 amide bonds. The number of phenols is 2. The van der Waals surface area contributed by atoms with Gasteiger partial charge in [0.15, 0.2) is 11.5 Å². The average molecular weight is 173 g/mol. The van der Waals surface area contributed by atoms with Gasteiger partial charge in [-0.05, 0) is 31.0 Å². The molecule has 11 heavy (non-hydrogen) atoms. The van der Waals surface area contributed by atoms with E-state index in [0.717, 1.165) is 5.56 Å². The number of hydrogen-bond donors (Lipinski definition) is 2. The molecule has 1 aromatic rings. The number of phenolic OH excluding ortho intramolecular Hbond substituents is 2. The van der Waals surface area contributed by atoms with Crippen LogP contribution in [0.2, 0.25) is 5.02 Å². The van der Waals surface area contributed by atoms with Gasteiger partial charge < -0.3 is 10.2 Å². The molecule has 3 heteroatoms. The zero-order chi connectivity index (χ0) is 8.59. The van der Waals surface area contributed by atoms with Crippen molar-refractivity contribution < 1.29 is 10.2 Å². The van der Waals surface area contributed by atoms with Gasteiger partial charge in [0.2, 0.25) is 0 Å². The smallest absolute Gasteiger partial charge is 0.176 e. The molecule has 0 aliphatic rings. The van der Waals surface area contributed by atoms with Crippen LogP contribution in [-0.4, -0.2) is 10.2 Å². The standard InChI is InChI=1S/C8H9ClO2/c1-4-3-6(9)8(11)7(10)5(4)2/h3,10-11H,1-2H3. The third kappa shape index (κ3) is 1.26. The van der Waals surface area contributed by atoms with E-state index in [9.17, 15) is 5.11 Å². The summed E-state index contributed by atoms with van der Waals surface area (Å²) in [7, 11) is 0. The maximum Gasteiger partial charge on any atom is 0.176 e. The molecule has 0 spiro atoms. The van der Waals surface area contributed by atoms with Crippen molar-refractivity contribution in [2.75, 3.05) is 0 Å². The van der Waals surface area contributed by atoms with Crippen LogP contribution in [-0.2, 0) is 0 Å². The van der Waals surface area contributed by atoms with Gasteiger partial charge in [-0.25, -0.2) is 0 Å². The molecule has 0 aliphatic carbocycles. The van der Waals surface area contributed by atoms with Crippen molar-refractivity contribution >= 4 is 11.6 Å². The van der Waals surface area contributed by atoms with Gasteiger partial charge in [-0.3, -0.25) is 0 Å². The Balaban J connectivity index is 3.46. The van der Waals surface area contributed by atoms with E-state index < -0.39 is 0 Å². The molecule has 0 aromatic heterocycles. The Bertz CT molecular complexity index is 268. The van der Waals surface area contributed by atoms with Crippen LogP contribution >= 0.6 is 11.6 Å². The highest BCUT2D eigenvalue weighted by molar-refractivity contribution is 6.32. The quantitative estimate of drug-likeness (QED) is 0.590. The molecule has 0 bridgehead atoms. The Morgan fingerprint density at radius 1 is 1.18 bits per heavy atom. The Kier molecular flexibility index (Phi) is 1.96. The molecule has 0 unspecified atom stereocenters. The summed E-state index contributed by atoms with van der Waals surface area (Å²) < 4.78 is 0. The second-order valence-corrected chi connectivity index (χ2v) is 2.90. The van der Waals surface area contributed by atoms with E-state index in [1.54, 1.807) is 13.0 Å². The lowest BCUT2D eigenvalue weighted by atomic mass is 10.1. The van der Waals surface area contributed by atoms with E-state index in [4.69, 9.17) is 16.7 Å². The van der Waals surface area contributed by atoms with E-state index >= 15 is 0 Å². The zero-order valence-electron chi connectivity index (χ0n) is 6.35. The van der Waals surface area contributed by atoms with Crippen LogP contribution in [0.4, 0.5) is 0 Å². The lowest BCUT2D eigenvalue weighted by molar-refractivity contribution is 0.401. The third-order valence-electron chi connectivity index (χ3n) is 1.74. The SMILES string of the molecule is Cc1cc(Cl)c(O)c(O)c1C. The summed E-state index contributed by atoms with van der Waals surface area (Å²) in [6.45, 7) is 3.54. The summed E-state index contributed by atoms with van der Waals surface area (Å²) >= 11 is 5.58. The molecule has 0 radical (unpaired) electrons. The van der Waals surface area contributed by atoms with Crippen LogP contribution in [0.1, 0.15) is 11.1 Å². The minimum atomic E-state index is -0.241. The molecule has 1 aromatic carbocycles. The van der Waals surface area contributed by atoms with Crippen molar-refractivity contribution in [1.82, 2.24) is 0 Å². The number of hydrogen-bond acceptors (Lipinski definition) is 2. The highest BCUT2D eigenvalue weighted by Crippen LogP contribution is 2.37. The molecule has 0 saturated heterocycles. The molecule has 60 valence electrons. The minimum absolute atomic E-state index is 0.130. The normalized spacial score (nSPS) is 10.1. The van der Waals surface area contributed by atoms with Crippen molar-refractivity contribution in [1.29, 1.82) is 0 Å². The van der Waals surface area contributed by atoms with Crippen molar-refractivity contribution in [3.05, 3.63) is 22.2 Å². The molecule has 1 rings (SSSR count). The molecule has 2 nitrogen and oxygen atoms in total. The summed E-state index contributed by atoms with van der Waals surface area (Å²) in [5.41, 5.74) is 1.53. The molecular formula is C8H9ClO2. The van der Waals surface area contributed by atoms with E-state index in [1.807, 2.05) is 6.92 Å². The van der Waals surface area contributed by atoms with Gasteiger partial charge in [-0.1, -0.05) is 11.6 Å². The Morgan fingerprint density at radius 3 is 2.27 bits per heavy atom. The largest absolute Gasteiger partial charge is 0.504 e. The van der Waals surface area contributed by atoms with Crippen LogP contribution in [0.25, 0.3) is 0 Å². The number of aromatic hydroxyl groups is 2. The van der Waals surface area contributed by atoms with E-state index in [1.165, 1.54) is 0 Å². The van der Waals surface area contributed by atoms with Gasteiger partial charge in [-0.2, -0.15) is 0 Å². The van der Waals surface area contributed by atoms with Gasteiger partial charge in [0.1, 0.15) is 0 Å². The number of halogens is 1. The summed E-state index contributed by atoms with van der Waals surface area (Å²) in [5, 5.41) is 18.5. The molecule has 2 N–H and O–H groups in total. The topological polar surface area (TPSA) is 40.5 Å². The van der Waals surface area contributed by atoms with Crippen molar-refractivity contribution in [3.63, 3.8) is 0 Å². The molecule has 0 fully saturated rings. The lowest BCUT2D eigenvalue weighted by Crippen LogP contribution is -1.82. The fraction of sp³-hybridized carbons (Fsp3) is 0.250. The van der Waals surface area contributed by atoms with Gasteiger partial charge >= 0.3 is 0 Å². The average Bonchev–Trinajstić information content (AvgIpc) is 1.97. The molecule has 0 heterocycles. The monoisotopic (exact) mass is 172 g/mol. The van der Waals surface area contributed by atoms with Crippen LogP contribution in [0.5, 0.6) is 11.5 Å². The van der Waals surface area contributed by atoms with Crippen LogP contribution in [0.3, 0.4) is 0 Å². The molecular weight excluding hydrogens is 164 g/mol. The van der Waals surface area contributed by atoms with Gasteiger partial charge in [0, 0.05) is 0 Å². The molecule has 0 saturated carbocycles. The van der Waals surface area contributed by atoms with E-state index in [-0.39, 0.29) is 16.5 Å². The highest BCUT2D eigenvalue weighted by Gasteiger charge is 2.09. The molecule has 0 aliphatic heterocycles. The van der Waals surface area contributed by atoms with Crippen molar-refractivity contribution in [2.45, 2.75) is 13.8 Å². The predicted octanol–water partition coefficient (Wildman–Crippen LogP) is 2.37. The number of benzene rings is 1. The summed E-state index contributed by atoms with van der Waals surface area (Å²) in [6.07, 6.45) is 0. The lowest BCUT2D eigenvalue weighted by Gasteiger charge is -2.06. The Labute approximate surface area is 70.1 Å². The Hall–Kier alpha value is -0.890. The van der Waals surface area contributed by atoms with Crippen molar-refractivity contribution in [3.8, 4) is 11.5 Å². The first-order chi connectivity index (χ1) is 5.04. The van der Waals surface area contributed by atoms with Crippen LogP contribution in [0, 0.1) is 13.8 Å². The zero-order valence-corrected chi connectivity index (χ0v) is 7.11. The molecule has 0 atom stereocenters. The van der Waals surface area contributed by atoms with E-state index in [2.05, 4.69) is 0 Å². The maximum atomic E-state index is 9.23. The highest BCUT2D eigenvalue weighted by atomic mass is 35.5. The van der Waals surface area contributed by atoms with Crippen LogP contribution < -0.4 is 0 Å². The number of rotatable bonds is 0. The summed E-state index contributed by atoms with van der Waals surface area (Å²) in [5.74, 6) is -0.371. The fourth-order valence-corrected chi connectivity index (χ4v) is 1.10. The number of aryl methyl sites for hydroxylation is 1. The second-order valence-electron chi connectivity index (χ2n) is 2.50.